The van der Waals surface area contributed by atoms with Gasteiger partial charge in [0, 0.05) is 12.5 Å². The van der Waals surface area contributed by atoms with Gasteiger partial charge in [0.25, 0.3) is 0 Å². The van der Waals surface area contributed by atoms with Crippen LogP contribution in [0.5, 0.6) is 0 Å². The predicted octanol–water partition coefficient (Wildman–Crippen LogP) is 1.41. The molecule has 0 spiro atoms. The second-order valence-electron chi connectivity index (χ2n) is 4.08. The van der Waals surface area contributed by atoms with Crippen LogP contribution < -0.4 is 11.1 Å². The molecule has 0 radical (unpaired) electrons. The summed E-state index contributed by atoms with van der Waals surface area (Å²) < 4.78 is 5.23. The Labute approximate surface area is 106 Å². The zero-order chi connectivity index (χ0) is 12.7. The average Bonchev–Trinajstić information content (AvgIpc) is 2.78. The van der Waals surface area contributed by atoms with Crippen LogP contribution >= 0.6 is 11.8 Å². The Morgan fingerprint density at radius 1 is 1.65 bits per heavy atom. The highest BCUT2D eigenvalue weighted by Gasteiger charge is 2.15. The van der Waals surface area contributed by atoms with Crippen LogP contribution in [0.1, 0.15) is 19.1 Å². The summed E-state index contributed by atoms with van der Waals surface area (Å²) in [6, 6.07) is 3.36. The number of amides is 1. The molecule has 17 heavy (non-hydrogen) atoms. The molecule has 0 aliphatic heterocycles. The van der Waals surface area contributed by atoms with Gasteiger partial charge in [0.05, 0.1) is 12.3 Å². The average molecular weight is 256 g/mol. The van der Waals surface area contributed by atoms with Crippen molar-refractivity contribution < 1.29 is 9.21 Å². The van der Waals surface area contributed by atoms with Gasteiger partial charge in [0.1, 0.15) is 5.76 Å². The van der Waals surface area contributed by atoms with E-state index in [0.29, 0.717) is 12.8 Å². The fourth-order valence-corrected chi connectivity index (χ4v) is 2.00. The summed E-state index contributed by atoms with van der Waals surface area (Å²) in [5.74, 6) is 1.69. The van der Waals surface area contributed by atoms with Crippen LogP contribution in [0.3, 0.4) is 0 Å². The molecule has 0 aliphatic rings. The molecule has 4 nitrogen and oxygen atoms in total. The second kappa shape index (κ2) is 7.40. The molecular weight excluding hydrogens is 236 g/mol. The number of thioether (sulfide) groups is 1. The highest BCUT2D eigenvalue weighted by atomic mass is 32.2. The molecule has 0 aliphatic carbocycles. The number of carbonyl (C=O) groups is 1. The molecule has 1 amide bonds. The molecule has 0 bridgehead atoms. The summed E-state index contributed by atoms with van der Waals surface area (Å²) in [5.41, 5.74) is 5.78. The van der Waals surface area contributed by atoms with Crippen molar-refractivity contribution in [1.82, 2.24) is 5.32 Å². The SMILES string of the molecule is CSCC[C@@H](N)C(=O)NC(C)Cc1ccco1. The van der Waals surface area contributed by atoms with Crippen molar-refractivity contribution in [2.75, 3.05) is 12.0 Å². The lowest BCUT2D eigenvalue weighted by Crippen LogP contribution is -2.45. The van der Waals surface area contributed by atoms with Crippen LogP contribution in [-0.4, -0.2) is 30.0 Å². The fourth-order valence-electron chi connectivity index (χ4n) is 1.51. The van der Waals surface area contributed by atoms with Crippen LogP contribution in [0.2, 0.25) is 0 Å². The maximum Gasteiger partial charge on any atom is 0.237 e. The fraction of sp³-hybridized carbons (Fsp3) is 0.583. The Kier molecular flexibility index (Phi) is 6.15. The van der Waals surface area contributed by atoms with Crippen molar-refractivity contribution in [1.29, 1.82) is 0 Å². The number of hydrogen-bond acceptors (Lipinski definition) is 4. The lowest BCUT2D eigenvalue weighted by molar-refractivity contribution is -0.123. The Hall–Kier alpha value is -0.940. The van der Waals surface area contributed by atoms with E-state index in [1.807, 2.05) is 25.3 Å². The second-order valence-corrected chi connectivity index (χ2v) is 5.07. The van der Waals surface area contributed by atoms with E-state index in [1.165, 1.54) is 0 Å². The first-order valence-corrected chi connectivity index (χ1v) is 7.10. The summed E-state index contributed by atoms with van der Waals surface area (Å²) in [4.78, 5) is 11.7. The van der Waals surface area contributed by atoms with E-state index in [4.69, 9.17) is 10.2 Å². The third-order valence-electron chi connectivity index (χ3n) is 2.45. The molecule has 1 rings (SSSR count). The maximum atomic E-state index is 11.7. The highest BCUT2D eigenvalue weighted by molar-refractivity contribution is 7.98. The molecule has 3 N–H and O–H groups in total. The summed E-state index contributed by atoms with van der Waals surface area (Å²) in [5, 5.41) is 2.89. The zero-order valence-corrected chi connectivity index (χ0v) is 11.1. The van der Waals surface area contributed by atoms with Gasteiger partial charge >= 0.3 is 0 Å². The van der Waals surface area contributed by atoms with Crippen molar-refractivity contribution in [3.05, 3.63) is 24.2 Å². The van der Waals surface area contributed by atoms with Crippen molar-refractivity contribution in [2.45, 2.75) is 31.8 Å². The molecule has 1 heterocycles. The van der Waals surface area contributed by atoms with Gasteiger partial charge in [-0.05, 0) is 37.5 Å². The van der Waals surface area contributed by atoms with Crippen LogP contribution in [-0.2, 0) is 11.2 Å². The van der Waals surface area contributed by atoms with Crippen LogP contribution in [0, 0.1) is 0 Å². The monoisotopic (exact) mass is 256 g/mol. The van der Waals surface area contributed by atoms with Gasteiger partial charge in [-0.1, -0.05) is 0 Å². The van der Waals surface area contributed by atoms with Gasteiger partial charge in [0.15, 0.2) is 0 Å². The van der Waals surface area contributed by atoms with Crippen molar-refractivity contribution >= 4 is 17.7 Å². The number of furan rings is 1. The van der Waals surface area contributed by atoms with Gasteiger partial charge in [-0.15, -0.1) is 0 Å². The van der Waals surface area contributed by atoms with Crippen molar-refractivity contribution in [3.63, 3.8) is 0 Å². The van der Waals surface area contributed by atoms with E-state index >= 15 is 0 Å². The molecule has 1 aromatic rings. The van der Waals surface area contributed by atoms with Crippen molar-refractivity contribution in [3.8, 4) is 0 Å². The minimum Gasteiger partial charge on any atom is -0.469 e. The molecular formula is C12H20N2O2S. The van der Waals surface area contributed by atoms with Crippen LogP contribution in [0.15, 0.2) is 22.8 Å². The lowest BCUT2D eigenvalue weighted by Gasteiger charge is -2.16. The minimum absolute atomic E-state index is 0.0361. The first-order valence-electron chi connectivity index (χ1n) is 5.70. The molecule has 96 valence electrons. The summed E-state index contributed by atoms with van der Waals surface area (Å²) in [6.07, 6.45) is 5.03. The summed E-state index contributed by atoms with van der Waals surface area (Å²) >= 11 is 1.70. The quantitative estimate of drug-likeness (QED) is 0.774. The number of carbonyl (C=O) groups excluding carboxylic acids is 1. The van der Waals surface area contributed by atoms with Gasteiger partial charge in [-0.2, -0.15) is 11.8 Å². The number of nitrogens with one attached hydrogen (secondary N) is 1. The minimum atomic E-state index is -0.415. The maximum absolute atomic E-state index is 11.7. The number of hydrogen-bond donors (Lipinski definition) is 2. The number of rotatable bonds is 7. The molecule has 5 heteroatoms. The first kappa shape index (κ1) is 14.1. The van der Waals surface area contributed by atoms with Gasteiger partial charge in [0.2, 0.25) is 5.91 Å². The van der Waals surface area contributed by atoms with E-state index in [9.17, 15) is 4.79 Å². The van der Waals surface area contributed by atoms with Crippen LogP contribution in [0.25, 0.3) is 0 Å². The Balaban J connectivity index is 2.30. The topological polar surface area (TPSA) is 68.3 Å². The Morgan fingerprint density at radius 2 is 2.41 bits per heavy atom. The molecule has 0 saturated carbocycles. The van der Waals surface area contributed by atoms with E-state index in [-0.39, 0.29) is 11.9 Å². The van der Waals surface area contributed by atoms with Crippen molar-refractivity contribution in [2.24, 2.45) is 5.73 Å². The van der Waals surface area contributed by atoms with Gasteiger partial charge in [-0.25, -0.2) is 0 Å². The Morgan fingerprint density at radius 3 is 3.00 bits per heavy atom. The molecule has 0 aromatic carbocycles. The molecule has 2 atom stereocenters. The zero-order valence-electron chi connectivity index (χ0n) is 10.3. The predicted molar refractivity (Wildman–Crippen MR) is 71.0 cm³/mol. The normalized spacial score (nSPS) is 14.3. The third kappa shape index (κ3) is 5.28. The van der Waals surface area contributed by atoms with E-state index in [2.05, 4.69) is 5.32 Å². The summed E-state index contributed by atoms with van der Waals surface area (Å²) in [7, 11) is 0. The first-order chi connectivity index (χ1) is 8.13. The summed E-state index contributed by atoms with van der Waals surface area (Å²) in [6.45, 7) is 1.95. The van der Waals surface area contributed by atoms with E-state index < -0.39 is 6.04 Å². The Bertz CT molecular complexity index is 327. The molecule has 1 unspecified atom stereocenters. The smallest absolute Gasteiger partial charge is 0.237 e. The van der Waals surface area contributed by atoms with E-state index in [0.717, 1.165) is 11.5 Å². The third-order valence-corrected chi connectivity index (χ3v) is 3.09. The standard InChI is InChI=1S/C12H20N2O2S/c1-9(8-10-4-3-6-16-10)14-12(15)11(13)5-7-17-2/h3-4,6,9,11H,5,7-8,13H2,1-2H3,(H,14,15)/t9?,11-/m1/s1. The molecule has 0 fully saturated rings. The molecule has 0 saturated heterocycles. The van der Waals surface area contributed by atoms with Gasteiger partial charge in [-0.3, -0.25) is 4.79 Å². The highest BCUT2D eigenvalue weighted by Crippen LogP contribution is 2.04. The number of nitrogens with two attached hydrogens (primary N) is 1. The van der Waals surface area contributed by atoms with Crippen LogP contribution in [0.4, 0.5) is 0 Å². The van der Waals surface area contributed by atoms with Gasteiger partial charge < -0.3 is 15.5 Å². The lowest BCUT2D eigenvalue weighted by atomic mass is 10.1. The largest absolute Gasteiger partial charge is 0.469 e. The van der Waals surface area contributed by atoms with E-state index in [1.54, 1.807) is 18.0 Å². The molecule has 1 aromatic heterocycles.